The van der Waals surface area contributed by atoms with Crippen molar-refractivity contribution >= 4 is 11.9 Å². The number of carbonyl (C=O) groups is 2. The Morgan fingerprint density at radius 3 is 2.30 bits per heavy atom. The second kappa shape index (κ2) is 9.22. The van der Waals surface area contributed by atoms with Crippen LogP contribution in [-0.4, -0.2) is 54.5 Å². The summed E-state index contributed by atoms with van der Waals surface area (Å²) in [6.45, 7) is 6.24. The number of likely N-dealkylation sites (tertiary alicyclic amines) is 2. The zero-order valence-corrected chi connectivity index (χ0v) is 16.3. The number of primary amides is 1. The highest BCUT2D eigenvalue weighted by atomic mass is 16.2. The van der Waals surface area contributed by atoms with Crippen LogP contribution in [-0.2, 0) is 4.79 Å². The Balaban J connectivity index is 1.58. The second-order valence-electron chi connectivity index (χ2n) is 7.99. The Kier molecular flexibility index (Phi) is 6.72. The number of urea groups is 1. The molecular weight excluding hydrogens is 340 g/mol. The van der Waals surface area contributed by atoms with Gasteiger partial charge in [-0.3, -0.25) is 9.69 Å². The van der Waals surface area contributed by atoms with Crippen molar-refractivity contribution in [3.05, 3.63) is 35.9 Å². The van der Waals surface area contributed by atoms with Gasteiger partial charge in [-0.1, -0.05) is 37.3 Å². The summed E-state index contributed by atoms with van der Waals surface area (Å²) in [5.74, 6) is 0.429. The van der Waals surface area contributed by atoms with E-state index >= 15 is 0 Å². The van der Waals surface area contributed by atoms with Crippen molar-refractivity contribution < 1.29 is 9.59 Å². The van der Waals surface area contributed by atoms with Gasteiger partial charge in [-0.2, -0.15) is 0 Å². The molecule has 2 aliphatic rings. The lowest BCUT2D eigenvalue weighted by Gasteiger charge is -2.38. The number of nitrogens with zero attached hydrogens (tertiary/aromatic N) is 2. The van der Waals surface area contributed by atoms with Crippen LogP contribution < -0.4 is 11.1 Å². The summed E-state index contributed by atoms with van der Waals surface area (Å²) in [7, 11) is 0. The van der Waals surface area contributed by atoms with Crippen LogP contribution in [0.1, 0.15) is 44.2 Å². The van der Waals surface area contributed by atoms with E-state index in [0.717, 1.165) is 19.0 Å². The summed E-state index contributed by atoms with van der Waals surface area (Å²) in [4.78, 5) is 28.2. The Labute approximate surface area is 162 Å². The minimum atomic E-state index is -0.251. The molecule has 2 heterocycles. The highest BCUT2D eigenvalue weighted by molar-refractivity contribution is 5.78. The lowest BCUT2D eigenvalue weighted by molar-refractivity contribution is -0.123. The molecule has 6 nitrogen and oxygen atoms in total. The zero-order valence-electron chi connectivity index (χ0n) is 16.3. The molecule has 0 radical (unpaired) electrons. The quantitative estimate of drug-likeness (QED) is 0.833. The van der Waals surface area contributed by atoms with Gasteiger partial charge in [0.25, 0.3) is 0 Å². The van der Waals surface area contributed by atoms with Crippen molar-refractivity contribution in [2.75, 3.05) is 32.7 Å². The van der Waals surface area contributed by atoms with E-state index in [2.05, 4.69) is 41.4 Å². The van der Waals surface area contributed by atoms with Gasteiger partial charge in [0.05, 0.1) is 6.04 Å². The molecule has 0 saturated carbocycles. The molecule has 3 N–H and O–H groups in total. The number of carbonyl (C=O) groups excluding carboxylic acids is 2. The molecule has 3 rings (SSSR count). The van der Waals surface area contributed by atoms with Gasteiger partial charge in [-0.05, 0) is 50.3 Å². The van der Waals surface area contributed by atoms with Gasteiger partial charge in [-0.15, -0.1) is 0 Å². The number of piperidine rings is 2. The largest absolute Gasteiger partial charge is 0.369 e. The number of amides is 3. The van der Waals surface area contributed by atoms with Crippen LogP contribution in [0.25, 0.3) is 0 Å². The highest BCUT2D eigenvalue weighted by Crippen LogP contribution is 2.26. The standard InChI is InChI=1S/C21H32N4O2/c1-16-7-11-24(12-8-16)19(17-5-3-2-4-6-17)15-23-21(27)25-13-9-18(10-14-25)20(22)26/h2-6,16,18-19H,7-15H2,1H3,(H2,22,26)(H,23,27)/t19-/m1/s1. The molecule has 27 heavy (non-hydrogen) atoms. The van der Waals surface area contributed by atoms with Gasteiger partial charge in [0.1, 0.15) is 0 Å². The lowest BCUT2D eigenvalue weighted by Crippen LogP contribution is -2.49. The summed E-state index contributed by atoms with van der Waals surface area (Å²) < 4.78 is 0. The summed E-state index contributed by atoms with van der Waals surface area (Å²) >= 11 is 0. The first kappa shape index (κ1) is 19.7. The maximum Gasteiger partial charge on any atom is 0.317 e. The maximum atomic E-state index is 12.6. The Bertz CT molecular complexity index is 620. The Morgan fingerprint density at radius 2 is 1.70 bits per heavy atom. The van der Waals surface area contributed by atoms with Crippen molar-refractivity contribution in [1.82, 2.24) is 15.1 Å². The monoisotopic (exact) mass is 372 g/mol. The summed E-state index contributed by atoms with van der Waals surface area (Å²) in [6, 6.07) is 10.6. The van der Waals surface area contributed by atoms with Crippen molar-refractivity contribution in [2.24, 2.45) is 17.6 Å². The number of hydrogen-bond acceptors (Lipinski definition) is 3. The molecule has 0 aliphatic carbocycles. The zero-order chi connectivity index (χ0) is 19.2. The first-order chi connectivity index (χ1) is 13.0. The number of rotatable bonds is 5. The molecule has 1 aromatic carbocycles. The van der Waals surface area contributed by atoms with Gasteiger partial charge in [0, 0.05) is 25.6 Å². The van der Waals surface area contributed by atoms with E-state index in [-0.39, 0.29) is 23.9 Å². The molecule has 2 aliphatic heterocycles. The molecule has 6 heteroatoms. The fourth-order valence-corrected chi connectivity index (χ4v) is 4.14. The molecule has 148 valence electrons. The third-order valence-corrected chi connectivity index (χ3v) is 6.07. The molecule has 0 bridgehead atoms. The van der Waals surface area contributed by atoms with Gasteiger partial charge < -0.3 is 16.0 Å². The van der Waals surface area contributed by atoms with Crippen LogP contribution in [0.15, 0.2) is 30.3 Å². The van der Waals surface area contributed by atoms with Crippen molar-refractivity contribution in [2.45, 2.75) is 38.6 Å². The number of nitrogens with two attached hydrogens (primary N) is 1. The van der Waals surface area contributed by atoms with E-state index in [0.29, 0.717) is 32.5 Å². The number of benzene rings is 1. The third kappa shape index (κ3) is 5.22. The molecule has 0 aromatic heterocycles. The van der Waals surface area contributed by atoms with E-state index in [4.69, 9.17) is 5.73 Å². The van der Waals surface area contributed by atoms with E-state index in [1.165, 1.54) is 18.4 Å². The van der Waals surface area contributed by atoms with Crippen LogP contribution in [0, 0.1) is 11.8 Å². The van der Waals surface area contributed by atoms with Gasteiger partial charge in [0.15, 0.2) is 0 Å². The van der Waals surface area contributed by atoms with Gasteiger partial charge >= 0.3 is 6.03 Å². The summed E-state index contributed by atoms with van der Waals surface area (Å²) in [5, 5.41) is 3.13. The maximum absolute atomic E-state index is 12.6. The molecular formula is C21H32N4O2. The van der Waals surface area contributed by atoms with Crippen LogP contribution in [0.3, 0.4) is 0 Å². The van der Waals surface area contributed by atoms with Crippen LogP contribution in [0.2, 0.25) is 0 Å². The Morgan fingerprint density at radius 1 is 1.07 bits per heavy atom. The van der Waals surface area contributed by atoms with E-state index in [1.807, 2.05) is 6.07 Å². The fourth-order valence-electron chi connectivity index (χ4n) is 4.14. The predicted octanol–water partition coefficient (Wildman–Crippen LogP) is 2.37. The average Bonchev–Trinajstić information content (AvgIpc) is 2.70. The third-order valence-electron chi connectivity index (χ3n) is 6.07. The molecule has 0 unspecified atom stereocenters. The second-order valence-corrected chi connectivity index (χ2v) is 7.99. The minimum Gasteiger partial charge on any atom is -0.369 e. The average molecular weight is 373 g/mol. The Hall–Kier alpha value is -2.08. The molecule has 2 saturated heterocycles. The van der Waals surface area contributed by atoms with Crippen molar-refractivity contribution in [1.29, 1.82) is 0 Å². The van der Waals surface area contributed by atoms with Crippen LogP contribution >= 0.6 is 0 Å². The minimum absolute atomic E-state index is 0.0378. The first-order valence-electron chi connectivity index (χ1n) is 10.2. The molecule has 3 amide bonds. The summed E-state index contributed by atoms with van der Waals surface area (Å²) in [5.41, 5.74) is 6.63. The number of nitrogens with one attached hydrogen (secondary N) is 1. The topological polar surface area (TPSA) is 78.7 Å². The fraction of sp³-hybridized carbons (Fsp3) is 0.619. The molecule has 1 aromatic rings. The van der Waals surface area contributed by atoms with Crippen LogP contribution in [0.5, 0.6) is 0 Å². The highest BCUT2D eigenvalue weighted by Gasteiger charge is 2.28. The smallest absolute Gasteiger partial charge is 0.317 e. The van der Waals surface area contributed by atoms with Gasteiger partial charge in [-0.25, -0.2) is 4.79 Å². The van der Waals surface area contributed by atoms with Crippen molar-refractivity contribution in [3.8, 4) is 0 Å². The normalized spacial score (nSPS) is 21.0. The van der Waals surface area contributed by atoms with Gasteiger partial charge in [0.2, 0.25) is 5.91 Å². The van der Waals surface area contributed by atoms with E-state index in [1.54, 1.807) is 4.90 Å². The lowest BCUT2D eigenvalue weighted by atomic mass is 9.95. The van der Waals surface area contributed by atoms with E-state index < -0.39 is 0 Å². The SMILES string of the molecule is CC1CCN([C@H](CNC(=O)N2CCC(C(N)=O)CC2)c2ccccc2)CC1. The summed E-state index contributed by atoms with van der Waals surface area (Å²) in [6.07, 6.45) is 3.74. The predicted molar refractivity (Wildman–Crippen MR) is 106 cm³/mol. The number of hydrogen-bond donors (Lipinski definition) is 2. The molecule has 2 fully saturated rings. The molecule has 0 spiro atoms. The molecule has 1 atom stereocenters. The van der Waals surface area contributed by atoms with Crippen molar-refractivity contribution in [3.63, 3.8) is 0 Å². The van der Waals surface area contributed by atoms with E-state index in [9.17, 15) is 9.59 Å². The first-order valence-corrected chi connectivity index (χ1v) is 10.2. The van der Waals surface area contributed by atoms with Crippen LogP contribution in [0.4, 0.5) is 4.79 Å².